The van der Waals surface area contributed by atoms with Crippen molar-refractivity contribution in [2.45, 2.75) is 52.6 Å². The Morgan fingerprint density at radius 1 is 1.33 bits per heavy atom. The molecule has 2 aromatic rings. The van der Waals surface area contributed by atoms with Gasteiger partial charge in [-0.1, -0.05) is 26.0 Å². The van der Waals surface area contributed by atoms with Crippen molar-refractivity contribution in [1.29, 1.82) is 0 Å². The van der Waals surface area contributed by atoms with Gasteiger partial charge in [0.2, 0.25) is 0 Å². The minimum Gasteiger partial charge on any atom is -0.454 e. The molecular formula is C17H25N3O. The Balaban J connectivity index is 2.06. The normalized spacial score (nSPS) is 12.4. The predicted molar refractivity (Wildman–Crippen MR) is 85.7 cm³/mol. The molecule has 1 unspecified atom stereocenters. The van der Waals surface area contributed by atoms with Crippen molar-refractivity contribution in [3.63, 3.8) is 0 Å². The zero-order valence-electron chi connectivity index (χ0n) is 13.2. The number of nitrogens with zero attached hydrogens (tertiary/aromatic N) is 2. The van der Waals surface area contributed by atoms with Gasteiger partial charge in [0.1, 0.15) is 5.75 Å². The molecule has 0 amide bonds. The summed E-state index contributed by atoms with van der Waals surface area (Å²) in [5.41, 5.74) is 8.39. The van der Waals surface area contributed by atoms with Crippen molar-refractivity contribution in [2.75, 3.05) is 0 Å². The van der Waals surface area contributed by atoms with Crippen LogP contribution in [0, 0.1) is 6.92 Å². The standard InChI is InChI=1S/C17H25N3O/c1-4-8-20-12-16(11-19-20)21-17-7-6-14(9-13(17)3)10-15(18)5-2/h6-7,9,11-12,15H,4-5,8,10,18H2,1-3H3. The molecular weight excluding hydrogens is 262 g/mol. The van der Waals surface area contributed by atoms with Crippen LogP contribution in [0.25, 0.3) is 0 Å². The molecule has 114 valence electrons. The molecule has 0 radical (unpaired) electrons. The van der Waals surface area contributed by atoms with E-state index in [2.05, 4.69) is 38.0 Å². The first-order chi connectivity index (χ1) is 10.1. The van der Waals surface area contributed by atoms with Gasteiger partial charge in [-0.15, -0.1) is 0 Å². The van der Waals surface area contributed by atoms with Gasteiger partial charge >= 0.3 is 0 Å². The van der Waals surface area contributed by atoms with Gasteiger partial charge in [0.05, 0.1) is 12.4 Å². The van der Waals surface area contributed by atoms with Crippen LogP contribution in [0.2, 0.25) is 0 Å². The van der Waals surface area contributed by atoms with Gasteiger partial charge in [-0.3, -0.25) is 4.68 Å². The van der Waals surface area contributed by atoms with E-state index in [0.29, 0.717) is 0 Å². The number of ether oxygens (including phenoxy) is 1. The molecule has 0 saturated heterocycles. The summed E-state index contributed by atoms with van der Waals surface area (Å²) in [4.78, 5) is 0. The summed E-state index contributed by atoms with van der Waals surface area (Å²) in [6.07, 6.45) is 6.66. The van der Waals surface area contributed by atoms with E-state index >= 15 is 0 Å². The van der Waals surface area contributed by atoms with Crippen LogP contribution >= 0.6 is 0 Å². The van der Waals surface area contributed by atoms with Crippen LogP contribution in [-0.2, 0) is 13.0 Å². The monoisotopic (exact) mass is 287 g/mol. The largest absolute Gasteiger partial charge is 0.454 e. The quantitative estimate of drug-likeness (QED) is 0.845. The van der Waals surface area contributed by atoms with Crippen LogP contribution in [0.15, 0.2) is 30.6 Å². The Hall–Kier alpha value is -1.81. The molecule has 0 aliphatic carbocycles. The van der Waals surface area contributed by atoms with E-state index in [1.807, 2.05) is 16.9 Å². The molecule has 4 nitrogen and oxygen atoms in total. The lowest BCUT2D eigenvalue weighted by Crippen LogP contribution is -2.21. The van der Waals surface area contributed by atoms with Crippen molar-refractivity contribution >= 4 is 0 Å². The van der Waals surface area contributed by atoms with Crippen molar-refractivity contribution in [3.8, 4) is 11.5 Å². The maximum absolute atomic E-state index is 6.01. The summed E-state index contributed by atoms with van der Waals surface area (Å²) >= 11 is 0. The van der Waals surface area contributed by atoms with E-state index < -0.39 is 0 Å². The zero-order chi connectivity index (χ0) is 15.2. The Morgan fingerprint density at radius 2 is 2.14 bits per heavy atom. The highest BCUT2D eigenvalue weighted by atomic mass is 16.5. The molecule has 2 rings (SSSR count). The summed E-state index contributed by atoms with van der Waals surface area (Å²) in [5.74, 6) is 1.66. The number of hydrogen-bond donors (Lipinski definition) is 1. The highest BCUT2D eigenvalue weighted by Gasteiger charge is 2.07. The third kappa shape index (κ3) is 4.33. The first kappa shape index (κ1) is 15.6. The van der Waals surface area contributed by atoms with Gasteiger partial charge in [0.25, 0.3) is 0 Å². The summed E-state index contributed by atoms with van der Waals surface area (Å²) in [7, 11) is 0. The summed E-state index contributed by atoms with van der Waals surface area (Å²) in [6.45, 7) is 7.22. The molecule has 0 saturated carbocycles. The third-order valence-electron chi connectivity index (χ3n) is 3.55. The number of aromatic nitrogens is 2. The van der Waals surface area contributed by atoms with Crippen LogP contribution in [0.3, 0.4) is 0 Å². The Labute approximate surface area is 126 Å². The van der Waals surface area contributed by atoms with E-state index in [4.69, 9.17) is 10.5 Å². The van der Waals surface area contributed by atoms with Crippen LogP contribution in [0.5, 0.6) is 11.5 Å². The fourth-order valence-electron chi connectivity index (χ4n) is 2.28. The SMILES string of the molecule is CCCn1cc(Oc2ccc(CC(N)CC)cc2C)cn1. The Kier molecular flexibility index (Phi) is 5.39. The molecule has 0 bridgehead atoms. The second kappa shape index (κ2) is 7.27. The zero-order valence-corrected chi connectivity index (χ0v) is 13.2. The number of benzene rings is 1. The second-order valence-corrected chi connectivity index (χ2v) is 5.51. The molecule has 0 spiro atoms. The molecule has 1 atom stereocenters. The van der Waals surface area contributed by atoms with E-state index in [0.717, 1.165) is 42.9 Å². The van der Waals surface area contributed by atoms with Crippen molar-refractivity contribution in [1.82, 2.24) is 9.78 Å². The fourth-order valence-corrected chi connectivity index (χ4v) is 2.28. The maximum Gasteiger partial charge on any atom is 0.165 e. The average Bonchev–Trinajstić information content (AvgIpc) is 2.89. The topological polar surface area (TPSA) is 53.1 Å². The van der Waals surface area contributed by atoms with E-state index in [9.17, 15) is 0 Å². The molecule has 2 N–H and O–H groups in total. The summed E-state index contributed by atoms with van der Waals surface area (Å²) in [6, 6.07) is 6.49. The van der Waals surface area contributed by atoms with E-state index in [1.165, 1.54) is 5.56 Å². The molecule has 1 aromatic carbocycles. The average molecular weight is 287 g/mol. The van der Waals surface area contributed by atoms with Crippen molar-refractivity contribution < 1.29 is 4.74 Å². The van der Waals surface area contributed by atoms with Gasteiger partial charge < -0.3 is 10.5 Å². The molecule has 0 aliphatic rings. The summed E-state index contributed by atoms with van der Waals surface area (Å²) < 4.78 is 7.81. The number of hydrogen-bond acceptors (Lipinski definition) is 3. The predicted octanol–water partition coefficient (Wildman–Crippen LogP) is 3.67. The number of aryl methyl sites for hydroxylation is 2. The van der Waals surface area contributed by atoms with Crippen molar-refractivity contribution in [3.05, 3.63) is 41.7 Å². The van der Waals surface area contributed by atoms with Gasteiger partial charge in [-0.05, 0) is 43.4 Å². The molecule has 0 aliphatic heterocycles. The van der Waals surface area contributed by atoms with Gasteiger partial charge in [-0.2, -0.15) is 5.10 Å². The smallest absolute Gasteiger partial charge is 0.165 e. The van der Waals surface area contributed by atoms with Crippen LogP contribution < -0.4 is 10.5 Å². The molecule has 1 aromatic heterocycles. The van der Waals surface area contributed by atoms with Gasteiger partial charge in [0, 0.05) is 12.6 Å². The molecule has 0 fully saturated rings. The van der Waals surface area contributed by atoms with Gasteiger partial charge in [0.15, 0.2) is 5.75 Å². The molecule has 21 heavy (non-hydrogen) atoms. The van der Waals surface area contributed by atoms with E-state index in [1.54, 1.807) is 6.20 Å². The second-order valence-electron chi connectivity index (χ2n) is 5.51. The summed E-state index contributed by atoms with van der Waals surface area (Å²) in [5, 5.41) is 4.27. The first-order valence-corrected chi connectivity index (χ1v) is 7.67. The minimum absolute atomic E-state index is 0.225. The maximum atomic E-state index is 6.01. The fraction of sp³-hybridized carbons (Fsp3) is 0.471. The first-order valence-electron chi connectivity index (χ1n) is 7.67. The number of rotatable bonds is 7. The molecule has 4 heteroatoms. The van der Waals surface area contributed by atoms with Crippen LogP contribution in [0.1, 0.15) is 37.8 Å². The third-order valence-corrected chi connectivity index (χ3v) is 3.55. The Bertz CT molecular complexity index is 577. The molecule has 1 heterocycles. The highest BCUT2D eigenvalue weighted by Crippen LogP contribution is 2.26. The highest BCUT2D eigenvalue weighted by molar-refractivity contribution is 5.39. The van der Waals surface area contributed by atoms with Gasteiger partial charge in [-0.25, -0.2) is 0 Å². The van der Waals surface area contributed by atoms with Crippen LogP contribution in [0.4, 0.5) is 0 Å². The number of nitrogens with two attached hydrogens (primary N) is 1. The lowest BCUT2D eigenvalue weighted by molar-refractivity contribution is 0.476. The van der Waals surface area contributed by atoms with Crippen molar-refractivity contribution in [2.24, 2.45) is 5.73 Å². The van der Waals surface area contributed by atoms with Crippen LogP contribution in [-0.4, -0.2) is 15.8 Å². The Morgan fingerprint density at radius 3 is 2.81 bits per heavy atom. The van der Waals surface area contributed by atoms with E-state index in [-0.39, 0.29) is 6.04 Å². The lowest BCUT2D eigenvalue weighted by atomic mass is 10.0. The minimum atomic E-state index is 0.225. The lowest BCUT2D eigenvalue weighted by Gasteiger charge is -2.12.